The zero-order valence-corrected chi connectivity index (χ0v) is 17.0. The number of methoxy groups -OCH3 is 1. The SMILES string of the molecule is COc1ccc(C(=O)C2CCN(CCCCc3ccc4ncoc4c3)CC2)cc1. The molecule has 5 heteroatoms. The van der Waals surface area contributed by atoms with Gasteiger partial charge in [-0.25, -0.2) is 4.98 Å². The van der Waals surface area contributed by atoms with Crippen molar-refractivity contribution in [1.82, 2.24) is 9.88 Å². The molecule has 1 aliphatic rings. The summed E-state index contributed by atoms with van der Waals surface area (Å²) in [7, 11) is 1.64. The third kappa shape index (κ3) is 4.85. The summed E-state index contributed by atoms with van der Waals surface area (Å²) in [4.78, 5) is 19.4. The molecule has 2 heterocycles. The summed E-state index contributed by atoms with van der Waals surface area (Å²) >= 11 is 0. The summed E-state index contributed by atoms with van der Waals surface area (Å²) < 4.78 is 10.6. The molecule has 0 radical (unpaired) electrons. The molecule has 2 aromatic carbocycles. The van der Waals surface area contributed by atoms with Crippen LogP contribution in [0.15, 0.2) is 53.3 Å². The topological polar surface area (TPSA) is 55.6 Å². The molecule has 5 nitrogen and oxygen atoms in total. The highest BCUT2D eigenvalue weighted by Crippen LogP contribution is 2.23. The van der Waals surface area contributed by atoms with Gasteiger partial charge in [-0.1, -0.05) is 6.07 Å². The second-order valence-corrected chi connectivity index (χ2v) is 7.82. The smallest absolute Gasteiger partial charge is 0.181 e. The van der Waals surface area contributed by atoms with Gasteiger partial charge >= 0.3 is 0 Å². The number of piperidine rings is 1. The molecule has 1 aromatic heterocycles. The summed E-state index contributed by atoms with van der Waals surface area (Å²) in [6.07, 6.45) is 6.79. The monoisotopic (exact) mass is 392 g/mol. The van der Waals surface area contributed by atoms with Gasteiger partial charge in [0.15, 0.2) is 17.8 Å². The van der Waals surface area contributed by atoms with Crippen LogP contribution in [-0.2, 0) is 6.42 Å². The Kier molecular flexibility index (Phi) is 6.25. The van der Waals surface area contributed by atoms with Gasteiger partial charge in [-0.05, 0) is 93.7 Å². The predicted octanol–water partition coefficient (Wildman–Crippen LogP) is 4.75. The molecule has 0 unspecified atom stereocenters. The van der Waals surface area contributed by atoms with E-state index in [0.29, 0.717) is 0 Å². The fraction of sp³-hybridized carbons (Fsp3) is 0.417. The number of Topliss-reactive ketones (excluding diaryl/α,β-unsaturated/α-hetero) is 1. The molecule has 0 amide bonds. The lowest BCUT2D eigenvalue weighted by atomic mass is 9.89. The Morgan fingerprint density at radius 3 is 2.69 bits per heavy atom. The molecule has 0 aliphatic carbocycles. The van der Waals surface area contributed by atoms with E-state index in [1.807, 2.05) is 30.3 Å². The summed E-state index contributed by atoms with van der Waals surface area (Å²) in [5, 5.41) is 0. The Hall–Kier alpha value is -2.66. The Morgan fingerprint density at radius 2 is 1.93 bits per heavy atom. The van der Waals surface area contributed by atoms with Crippen LogP contribution in [0.25, 0.3) is 11.1 Å². The second kappa shape index (κ2) is 9.23. The fourth-order valence-electron chi connectivity index (χ4n) is 4.13. The first-order valence-electron chi connectivity index (χ1n) is 10.5. The number of aromatic nitrogens is 1. The quantitative estimate of drug-likeness (QED) is 0.409. The van der Waals surface area contributed by atoms with E-state index in [1.165, 1.54) is 18.4 Å². The first kappa shape index (κ1) is 19.6. The standard InChI is InChI=1S/C24H28N2O3/c1-28-21-8-6-19(7-9-21)24(27)20-11-14-26(15-12-20)13-3-2-4-18-5-10-22-23(16-18)29-17-25-22/h5-10,16-17,20H,2-4,11-15H2,1H3. The summed E-state index contributed by atoms with van der Waals surface area (Å²) in [5.74, 6) is 1.21. The van der Waals surface area contributed by atoms with Crippen LogP contribution in [0, 0.1) is 5.92 Å². The van der Waals surface area contributed by atoms with Crippen molar-refractivity contribution in [2.24, 2.45) is 5.92 Å². The largest absolute Gasteiger partial charge is 0.497 e. The van der Waals surface area contributed by atoms with Crippen molar-refractivity contribution in [3.8, 4) is 5.75 Å². The highest BCUT2D eigenvalue weighted by molar-refractivity contribution is 5.98. The average molecular weight is 392 g/mol. The molecule has 152 valence electrons. The number of rotatable bonds is 8. The minimum Gasteiger partial charge on any atom is -0.497 e. The lowest BCUT2D eigenvalue weighted by Crippen LogP contribution is -2.36. The van der Waals surface area contributed by atoms with Gasteiger partial charge in [-0.15, -0.1) is 0 Å². The number of likely N-dealkylation sites (tertiary alicyclic amines) is 1. The molecule has 0 N–H and O–H groups in total. The van der Waals surface area contributed by atoms with Gasteiger partial charge in [-0.3, -0.25) is 4.79 Å². The van der Waals surface area contributed by atoms with E-state index in [2.05, 4.69) is 22.0 Å². The summed E-state index contributed by atoms with van der Waals surface area (Å²) in [6, 6.07) is 13.7. The molecule has 3 aromatic rings. The van der Waals surface area contributed by atoms with Crippen LogP contribution in [0.4, 0.5) is 0 Å². The van der Waals surface area contributed by atoms with Crippen molar-refractivity contribution >= 4 is 16.9 Å². The molecule has 29 heavy (non-hydrogen) atoms. The number of hydrogen-bond acceptors (Lipinski definition) is 5. The summed E-state index contributed by atoms with van der Waals surface area (Å²) in [6.45, 7) is 3.13. The van der Waals surface area contributed by atoms with Crippen LogP contribution in [0.2, 0.25) is 0 Å². The normalized spacial score (nSPS) is 15.6. The van der Waals surface area contributed by atoms with Crippen LogP contribution < -0.4 is 4.74 Å². The second-order valence-electron chi connectivity index (χ2n) is 7.82. The molecule has 0 saturated carbocycles. The van der Waals surface area contributed by atoms with Crippen molar-refractivity contribution in [3.05, 3.63) is 60.0 Å². The fourth-order valence-corrected chi connectivity index (χ4v) is 4.13. The number of carbonyl (C=O) groups is 1. The van der Waals surface area contributed by atoms with Crippen molar-refractivity contribution in [3.63, 3.8) is 0 Å². The molecular weight excluding hydrogens is 364 g/mol. The Labute approximate surface area is 171 Å². The van der Waals surface area contributed by atoms with Crippen LogP contribution in [0.1, 0.15) is 41.6 Å². The summed E-state index contributed by atoms with van der Waals surface area (Å²) in [5.41, 5.74) is 3.89. The molecule has 4 rings (SSSR count). The number of ether oxygens (including phenoxy) is 1. The van der Waals surface area contributed by atoms with E-state index in [9.17, 15) is 4.79 Å². The van der Waals surface area contributed by atoms with Gasteiger partial charge in [0.2, 0.25) is 0 Å². The maximum Gasteiger partial charge on any atom is 0.181 e. The zero-order chi connectivity index (χ0) is 20.1. The maximum atomic E-state index is 12.7. The number of oxazole rings is 1. The van der Waals surface area contributed by atoms with E-state index >= 15 is 0 Å². The van der Waals surface area contributed by atoms with Crippen LogP contribution in [0.3, 0.4) is 0 Å². The molecule has 1 saturated heterocycles. The van der Waals surface area contributed by atoms with Gasteiger partial charge in [0, 0.05) is 11.5 Å². The first-order valence-corrected chi connectivity index (χ1v) is 10.5. The molecule has 1 aliphatic heterocycles. The number of aryl methyl sites for hydroxylation is 1. The van der Waals surface area contributed by atoms with Crippen LogP contribution >= 0.6 is 0 Å². The van der Waals surface area contributed by atoms with Crippen LogP contribution in [-0.4, -0.2) is 42.4 Å². The van der Waals surface area contributed by atoms with Gasteiger partial charge in [-0.2, -0.15) is 0 Å². The Bertz CT molecular complexity index is 940. The molecule has 0 spiro atoms. The van der Waals surface area contributed by atoms with E-state index in [4.69, 9.17) is 9.15 Å². The van der Waals surface area contributed by atoms with Crippen LogP contribution in [0.5, 0.6) is 5.75 Å². The highest BCUT2D eigenvalue weighted by Gasteiger charge is 2.25. The Balaban J connectivity index is 1.18. The third-order valence-electron chi connectivity index (χ3n) is 5.92. The number of unbranched alkanes of at least 4 members (excludes halogenated alkanes) is 1. The zero-order valence-electron chi connectivity index (χ0n) is 17.0. The molecule has 0 bridgehead atoms. The van der Waals surface area contributed by atoms with Crippen molar-refractivity contribution in [1.29, 1.82) is 0 Å². The number of benzene rings is 2. The molecule has 1 fully saturated rings. The lowest BCUT2D eigenvalue weighted by Gasteiger charge is -2.31. The molecule has 0 atom stereocenters. The van der Waals surface area contributed by atoms with Crippen molar-refractivity contribution in [2.75, 3.05) is 26.7 Å². The van der Waals surface area contributed by atoms with E-state index in [0.717, 1.165) is 67.7 Å². The van der Waals surface area contributed by atoms with Gasteiger partial charge < -0.3 is 14.1 Å². The Morgan fingerprint density at radius 1 is 1.14 bits per heavy atom. The first-order chi connectivity index (χ1) is 14.2. The van der Waals surface area contributed by atoms with E-state index < -0.39 is 0 Å². The number of fused-ring (bicyclic) bond motifs is 1. The minimum atomic E-state index is 0.147. The predicted molar refractivity (Wildman–Crippen MR) is 113 cm³/mol. The van der Waals surface area contributed by atoms with Crippen molar-refractivity contribution in [2.45, 2.75) is 32.1 Å². The number of nitrogens with zero attached hydrogens (tertiary/aromatic N) is 2. The average Bonchev–Trinajstić information content (AvgIpc) is 3.25. The van der Waals surface area contributed by atoms with E-state index in [-0.39, 0.29) is 11.7 Å². The maximum absolute atomic E-state index is 12.7. The lowest BCUT2D eigenvalue weighted by molar-refractivity contribution is 0.0839. The highest BCUT2D eigenvalue weighted by atomic mass is 16.5. The number of ketones is 1. The van der Waals surface area contributed by atoms with E-state index in [1.54, 1.807) is 7.11 Å². The number of hydrogen-bond donors (Lipinski definition) is 0. The van der Waals surface area contributed by atoms with Gasteiger partial charge in [0.1, 0.15) is 11.3 Å². The molecular formula is C24H28N2O3. The van der Waals surface area contributed by atoms with Gasteiger partial charge in [0.05, 0.1) is 7.11 Å². The minimum absolute atomic E-state index is 0.147. The van der Waals surface area contributed by atoms with Crippen molar-refractivity contribution < 1.29 is 13.9 Å². The number of carbonyl (C=O) groups excluding carboxylic acids is 1. The van der Waals surface area contributed by atoms with Gasteiger partial charge in [0.25, 0.3) is 0 Å². The third-order valence-corrected chi connectivity index (χ3v) is 5.92.